The highest BCUT2D eigenvalue weighted by Crippen LogP contribution is 2.24. The van der Waals surface area contributed by atoms with E-state index in [9.17, 15) is 5.11 Å². The third-order valence-electron chi connectivity index (χ3n) is 2.67. The van der Waals surface area contributed by atoms with Gasteiger partial charge in [-0.15, -0.1) is 0 Å². The van der Waals surface area contributed by atoms with Gasteiger partial charge in [0, 0.05) is 12.2 Å². The molecule has 2 aromatic rings. The van der Waals surface area contributed by atoms with Gasteiger partial charge in [-0.3, -0.25) is 0 Å². The summed E-state index contributed by atoms with van der Waals surface area (Å²) < 4.78 is 5.17. The Hall–Kier alpha value is -2.38. The monoisotopic (exact) mass is 288 g/mol. The van der Waals surface area contributed by atoms with Gasteiger partial charge in [0.05, 0.1) is 5.02 Å². The molecule has 102 valence electrons. The lowest BCUT2D eigenvalue weighted by Gasteiger charge is -2.08. The molecule has 2 rings (SSSR count). The number of phenolic OH excluding ortho intramolecular Hbond substituents is 1. The normalized spacial score (nSPS) is 9.80. The maximum Gasteiger partial charge on any atom is 0.174 e. The predicted molar refractivity (Wildman–Crippen MR) is 78.0 cm³/mol. The largest absolute Gasteiger partial charge is 0.506 e. The lowest BCUT2D eigenvalue weighted by atomic mass is 10.2. The molecule has 0 aliphatic rings. The Balaban J connectivity index is 1.93. The first-order valence-electron chi connectivity index (χ1n) is 6.00. The van der Waals surface area contributed by atoms with Gasteiger partial charge in [-0.2, -0.15) is 5.26 Å². The van der Waals surface area contributed by atoms with Gasteiger partial charge in [-0.05, 0) is 42.0 Å². The van der Waals surface area contributed by atoms with Gasteiger partial charge in [-0.25, -0.2) is 0 Å². The zero-order chi connectivity index (χ0) is 14.4. The Labute approximate surface area is 122 Å². The summed E-state index contributed by atoms with van der Waals surface area (Å²) in [5, 5.41) is 21.3. The third-order valence-corrected chi connectivity index (χ3v) is 2.97. The fraction of sp³-hybridized carbons (Fsp3) is 0.133. The van der Waals surface area contributed by atoms with Crippen molar-refractivity contribution in [2.45, 2.75) is 6.54 Å². The molecule has 0 unspecified atom stereocenters. The summed E-state index contributed by atoms with van der Waals surface area (Å²) in [4.78, 5) is 0. The number of benzene rings is 2. The van der Waals surface area contributed by atoms with E-state index in [0.717, 1.165) is 11.3 Å². The molecule has 4 nitrogen and oxygen atoms in total. The van der Waals surface area contributed by atoms with Crippen LogP contribution < -0.4 is 10.1 Å². The van der Waals surface area contributed by atoms with Crippen LogP contribution in [-0.2, 0) is 6.54 Å². The molecule has 0 aliphatic heterocycles. The molecule has 0 aliphatic carbocycles. The second-order valence-electron chi connectivity index (χ2n) is 4.11. The Morgan fingerprint density at radius 3 is 2.60 bits per heavy atom. The molecule has 0 aromatic heterocycles. The number of nitrogens with one attached hydrogen (secondary N) is 1. The fourth-order valence-electron chi connectivity index (χ4n) is 1.65. The first-order valence-corrected chi connectivity index (χ1v) is 6.38. The summed E-state index contributed by atoms with van der Waals surface area (Å²) in [6, 6.07) is 14.3. The van der Waals surface area contributed by atoms with Gasteiger partial charge in [0.25, 0.3) is 0 Å². The summed E-state index contributed by atoms with van der Waals surface area (Å²) >= 11 is 5.84. The molecule has 0 heterocycles. The van der Waals surface area contributed by atoms with Crippen LogP contribution in [0, 0.1) is 11.3 Å². The minimum Gasteiger partial charge on any atom is -0.506 e. The standard InChI is InChI=1S/C15H13ClN2O2/c16-14-9-11(1-6-15(14)19)10-18-12-2-4-13(5-3-12)20-8-7-17/h1-6,9,18-19H,8,10H2. The molecule has 0 amide bonds. The first-order chi connectivity index (χ1) is 9.69. The van der Waals surface area contributed by atoms with Crippen molar-refractivity contribution in [1.82, 2.24) is 0 Å². The number of hydrogen-bond acceptors (Lipinski definition) is 4. The maximum absolute atomic E-state index is 9.34. The van der Waals surface area contributed by atoms with Gasteiger partial charge < -0.3 is 15.2 Å². The SMILES string of the molecule is N#CCOc1ccc(NCc2ccc(O)c(Cl)c2)cc1. The molecule has 0 radical (unpaired) electrons. The highest BCUT2D eigenvalue weighted by atomic mass is 35.5. The van der Waals surface area contributed by atoms with Crippen LogP contribution in [0.15, 0.2) is 42.5 Å². The second-order valence-corrected chi connectivity index (χ2v) is 4.52. The Bertz CT molecular complexity index is 621. The van der Waals surface area contributed by atoms with Gasteiger partial charge in [0.1, 0.15) is 17.6 Å². The molecular weight excluding hydrogens is 276 g/mol. The van der Waals surface area contributed by atoms with Crippen LogP contribution in [0.5, 0.6) is 11.5 Å². The number of ether oxygens (including phenoxy) is 1. The zero-order valence-corrected chi connectivity index (χ0v) is 11.4. The summed E-state index contributed by atoms with van der Waals surface area (Å²) in [6.07, 6.45) is 0. The summed E-state index contributed by atoms with van der Waals surface area (Å²) in [7, 11) is 0. The Morgan fingerprint density at radius 2 is 1.95 bits per heavy atom. The first kappa shape index (κ1) is 14.0. The Morgan fingerprint density at radius 1 is 1.20 bits per heavy atom. The number of aromatic hydroxyl groups is 1. The maximum atomic E-state index is 9.34. The number of halogens is 1. The molecule has 2 aromatic carbocycles. The average Bonchev–Trinajstić information content (AvgIpc) is 2.47. The van der Waals surface area contributed by atoms with E-state index in [2.05, 4.69) is 5.32 Å². The number of nitriles is 1. The molecular formula is C15H13ClN2O2. The van der Waals surface area contributed by atoms with Crippen LogP contribution in [0.3, 0.4) is 0 Å². The van der Waals surface area contributed by atoms with Gasteiger partial charge >= 0.3 is 0 Å². The zero-order valence-electron chi connectivity index (χ0n) is 10.6. The topological polar surface area (TPSA) is 65.3 Å². The lowest BCUT2D eigenvalue weighted by molar-refractivity contribution is 0.368. The highest BCUT2D eigenvalue weighted by Gasteiger charge is 2.00. The molecule has 0 fully saturated rings. The summed E-state index contributed by atoms with van der Waals surface area (Å²) in [5.74, 6) is 0.735. The minimum absolute atomic E-state index is 0.0405. The van der Waals surface area contributed by atoms with Crippen molar-refractivity contribution in [3.8, 4) is 17.6 Å². The van der Waals surface area contributed by atoms with Gasteiger partial charge in [-0.1, -0.05) is 17.7 Å². The van der Waals surface area contributed by atoms with Crippen LogP contribution in [-0.4, -0.2) is 11.7 Å². The van der Waals surface area contributed by atoms with Crippen molar-refractivity contribution in [2.24, 2.45) is 0 Å². The molecule has 0 saturated heterocycles. The molecule has 0 atom stereocenters. The average molecular weight is 289 g/mol. The van der Waals surface area contributed by atoms with Crippen molar-refractivity contribution >= 4 is 17.3 Å². The number of hydrogen-bond donors (Lipinski definition) is 2. The van der Waals surface area contributed by atoms with Crippen LogP contribution in [0.25, 0.3) is 0 Å². The van der Waals surface area contributed by atoms with E-state index in [1.807, 2.05) is 18.2 Å². The van der Waals surface area contributed by atoms with Gasteiger partial charge in [0.15, 0.2) is 6.61 Å². The van der Waals surface area contributed by atoms with Crippen LogP contribution in [0.2, 0.25) is 5.02 Å². The highest BCUT2D eigenvalue weighted by molar-refractivity contribution is 6.32. The van der Waals surface area contributed by atoms with Gasteiger partial charge in [0.2, 0.25) is 0 Å². The van der Waals surface area contributed by atoms with E-state index in [0.29, 0.717) is 17.3 Å². The van der Waals surface area contributed by atoms with E-state index in [1.165, 1.54) is 0 Å². The van der Waals surface area contributed by atoms with E-state index < -0.39 is 0 Å². The van der Waals surface area contributed by atoms with E-state index in [-0.39, 0.29) is 12.4 Å². The van der Waals surface area contributed by atoms with E-state index in [1.54, 1.807) is 30.3 Å². The molecule has 0 saturated carbocycles. The number of anilines is 1. The molecule has 0 bridgehead atoms. The second kappa shape index (κ2) is 6.69. The summed E-state index contributed by atoms with van der Waals surface area (Å²) in [5.41, 5.74) is 1.90. The molecule has 5 heteroatoms. The molecule has 0 spiro atoms. The van der Waals surface area contributed by atoms with E-state index in [4.69, 9.17) is 21.6 Å². The van der Waals surface area contributed by atoms with E-state index >= 15 is 0 Å². The Kier molecular flexibility index (Phi) is 4.70. The number of rotatable bonds is 5. The third kappa shape index (κ3) is 3.81. The van der Waals surface area contributed by atoms with Crippen LogP contribution >= 0.6 is 11.6 Å². The van der Waals surface area contributed by atoms with Crippen molar-refractivity contribution < 1.29 is 9.84 Å². The number of phenols is 1. The van der Waals surface area contributed by atoms with Crippen LogP contribution in [0.4, 0.5) is 5.69 Å². The number of nitrogens with zero attached hydrogens (tertiary/aromatic N) is 1. The van der Waals surface area contributed by atoms with Crippen molar-refractivity contribution in [1.29, 1.82) is 5.26 Å². The predicted octanol–water partition coefficient (Wildman–Crippen LogP) is 3.56. The fourth-order valence-corrected chi connectivity index (χ4v) is 1.85. The lowest BCUT2D eigenvalue weighted by Crippen LogP contribution is -1.99. The van der Waals surface area contributed by atoms with Crippen LogP contribution in [0.1, 0.15) is 5.56 Å². The molecule has 2 N–H and O–H groups in total. The van der Waals surface area contributed by atoms with Crippen molar-refractivity contribution in [3.63, 3.8) is 0 Å². The van der Waals surface area contributed by atoms with Crippen molar-refractivity contribution in [3.05, 3.63) is 53.1 Å². The molecule has 20 heavy (non-hydrogen) atoms. The van der Waals surface area contributed by atoms with Crippen molar-refractivity contribution in [2.75, 3.05) is 11.9 Å². The smallest absolute Gasteiger partial charge is 0.174 e. The minimum atomic E-state index is 0.0405. The quantitative estimate of drug-likeness (QED) is 0.883. The summed E-state index contributed by atoms with van der Waals surface area (Å²) in [6.45, 7) is 0.636.